The van der Waals surface area contributed by atoms with E-state index in [0.717, 1.165) is 32.7 Å². The van der Waals surface area contributed by atoms with E-state index >= 15 is 0 Å². The molecular formula is C23H20BrN3OS. The van der Waals surface area contributed by atoms with Crippen molar-refractivity contribution < 1.29 is 4.79 Å². The summed E-state index contributed by atoms with van der Waals surface area (Å²) in [6.45, 7) is 2.66. The second kappa shape index (κ2) is 8.76. The summed E-state index contributed by atoms with van der Waals surface area (Å²) in [5, 5.41) is 6.75. The summed E-state index contributed by atoms with van der Waals surface area (Å²) in [6, 6.07) is 22.0. The molecule has 0 aliphatic carbocycles. The number of amides is 2. The molecule has 4 nitrogen and oxygen atoms in total. The molecule has 0 aliphatic heterocycles. The Morgan fingerprint density at radius 3 is 2.69 bits per heavy atom. The molecule has 6 heteroatoms. The molecule has 0 unspecified atom stereocenters. The molecule has 0 bridgehead atoms. The van der Waals surface area contributed by atoms with Gasteiger partial charge in [-0.3, -0.25) is 0 Å². The summed E-state index contributed by atoms with van der Waals surface area (Å²) in [5.74, 6) is 0. The molecule has 4 aromatic rings. The number of nitrogens with one attached hydrogen (secondary N) is 2. The van der Waals surface area contributed by atoms with Gasteiger partial charge in [-0.2, -0.15) is 0 Å². The third-order valence-electron chi connectivity index (χ3n) is 4.52. The van der Waals surface area contributed by atoms with Gasteiger partial charge in [0, 0.05) is 22.3 Å². The van der Waals surface area contributed by atoms with Crippen molar-refractivity contribution in [2.45, 2.75) is 13.3 Å². The van der Waals surface area contributed by atoms with Crippen LogP contribution in [0.25, 0.3) is 20.8 Å². The van der Waals surface area contributed by atoms with Crippen LogP contribution in [0.1, 0.15) is 11.1 Å². The average molecular weight is 466 g/mol. The highest BCUT2D eigenvalue weighted by molar-refractivity contribution is 9.10. The van der Waals surface area contributed by atoms with Gasteiger partial charge in [0.25, 0.3) is 0 Å². The van der Waals surface area contributed by atoms with Crippen molar-refractivity contribution in [3.63, 3.8) is 0 Å². The smallest absolute Gasteiger partial charge is 0.319 e. The van der Waals surface area contributed by atoms with Crippen LogP contribution in [0.2, 0.25) is 0 Å². The fourth-order valence-corrected chi connectivity index (χ4v) is 4.56. The van der Waals surface area contributed by atoms with Gasteiger partial charge in [-0.25, -0.2) is 9.78 Å². The largest absolute Gasteiger partial charge is 0.338 e. The van der Waals surface area contributed by atoms with Crippen LogP contribution < -0.4 is 10.6 Å². The van der Waals surface area contributed by atoms with Crippen molar-refractivity contribution in [1.82, 2.24) is 10.3 Å². The number of carbonyl (C=O) groups excluding carboxylic acids is 1. The minimum atomic E-state index is -0.205. The highest BCUT2D eigenvalue weighted by Crippen LogP contribution is 2.31. The number of urea groups is 1. The zero-order valence-corrected chi connectivity index (χ0v) is 18.3. The van der Waals surface area contributed by atoms with Gasteiger partial charge in [0.15, 0.2) is 0 Å². The Kier molecular flexibility index (Phi) is 5.92. The van der Waals surface area contributed by atoms with Crippen molar-refractivity contribution in [3.8, 4) is 10.6 Å². The maximum Gasteiger partial charge on any atom is 0.319 e. The highest BCUT2D eigenvalue weighted by atomic mass is 79.9. The first-order valence-corrected chi connectivity index (χ1v) is 10.9. The molecular weight excluding hydrogens is 446 g/mol. The van der Waals surface area contributed by atoms with E-state index in [4.69, 9.17) is 4.98 Å². The predicted octanol–water partition coefficient (Wildman–Crippen LogP) is 6.40. The summed E-state index contributed by atoms with van der Waals surface area (Å²) in [7, 11) is 0. The number of aryl methyl sites for hydroxylation is 1. The maximum atomic E-state index is 12.1. The minimum Gasteiger partial charge on any atom is -0.338 e. The van der Waals surface area contributed by atoms with E-state index in [1.165, 1.54) is 15.8 Å². The SMILES string of the molecule is Cc1ccc2nc(-c3ccc(NC(=O)NCCc4cccc(Br)c4)cc3)sc2c1. The summed E-state index contributed by atoms with van der Waals surface area (Å²) >= 11 is 5.14. The quantitative estimate of drug-likeness (QED) is 0.358. The Labute approximate surface area is 182 Å². The Hall–Kier alpha value is -2.70. The molecule has 0 spiro atoms. The minimum absolute atomic E-state index is 0.205. The number of carbonyl (C=O) groups is 1. The zero-order chi connectivity index (χ0) is 20.2. The topological polar surface area (TPSA) is 54.0 Å². The van der Waals surface area contributed by atoms with Crippen LogP contribution in [0.15, 0.2) is 71.2 Å². The number of halogens is 1. The molecule has 0 saturated carbocycles. The van der Waals surface area contributed by atoms with Crippen molar-refractivity contribution in [2.75, 3.05) is 11.9 Å². The Morgan fingerprint density at radius 2 is 1.90 bits per heavy atom. The molecule has 0 saturated heterocycles. The van der Waals surface area contributed by atoms with Crippen molar-refractivity contribution >= 4 is 49.2 Å². The monoisotopic (exact) mass is 465 g/mol. The van der Waals surface area contributed by atoms with Gasteiger partial charge in [-0.05, 0) is 73.0 Å². The number of hydrogen-bond acceptors (Lipinski definition) is 3. The molecule has 3 aromatic carbocycles. The Balaban J connectivity index is 1.34. The van der Waals surface area contributed by atoms with E-state index in [0.29, 0.717) is 6.54 Å². The molecule has 4 rings (SSSR count). The molecule has 0 aliphatic rings. The van der Waals surface area contributed by atoms with Crippen molar-refractivity contribution in [3.05, 3.63) is 82.3 Å². The standard InChI is InChI=1S/C23H20BrN3OS/c1-15-5-10-20-21(13-15)29-22(27-20)17-6-8-19(9-7-17)26-23(28)25-12-11-16-3-2-4-18(24)14-16/h2-10,13-14H,11-12H2,1H3,(H2,25,26,28). The van der Waals surface area contributed by atoms with Crippen molar-refractivity contribution in [1.29, 1.82) is 0 Å². The fourth-order valence-electron chi connectivity index (χ4n) is 3.04. The molecule has 29 heavy (non-hydrogen) atoms. The number of nitrogens with zero attached hydrogens (tertiary/aromatic N) is 1. The number of rotatable bonds is 5. The van der Waals surface area contributed by atoms with Gasteiger partial charge < -0.3 is 10.6 Å². The molecule has 1 heterocycles. The lowest BCUT2D eigenvalue weighted by atomic mass is 10.1. The van der Waals surface area contributed by atoms with Crippen LogP contribution in [-0.4, -0.2) is 17.6 Å². The molecule has 0 radical (unpaired) electrons. The zero-order valence-electron chi connectivity index (χ0n) is 15.9. The number of aromatic nitrogens is 1. The van der Waals surface area contributed by atoms with E-state index < -0.39 is 0 Å². The Bertz CT molecular complexity index is 1150. The van der Waals surface area contributed by atoms with Gasteiger partial charge in [0.2, 0.25) is 0 Å². The van der Waals surface area contributed by atoms with E-state index in [-0.39, 0.29) is 6.03 Å². The predicted molar refractivity (Wildman–Crippen MR) is 125 cm³/mol. The van der Waals surface area contributed by atoms with Crippen molar-refractivity contribution in [2.24, 2.45) is 0 Å². The summed E-state index contributed by atoms with van der Waals surface area (Å²) in [5.41, 5.74) is 5.23. The van der Waals surface area contributed by atoms with Gasteiger partial charge >= 0.3 is 6.03 Å². The normalized spacial score (nSPS) is 10.8. The number of fused-ring (bicyclic) bond motifs is 1. The van der Waals surface area contributed by atoms with Gasteiger partial charge in [-0.15, -0.1) is 11.3 Å². The van der Waals surface area contributed by atoms with Gasteiger partial charge in [0.1, 0.15) is 5.01 Å². The third kappa shape index (κ3) is 5.02. The molecule has 2 N–H and O–H groups in total. The van der Waals surface area contributed by atoms with E-state index in [1.54, 1.807) is 11.3 Å². The summed E-state index contributed by atoms with van der Waals surface area (Å²) in [6.07, 6.45) is 0.781. The van der Waals surface area contributed by atoms with Crippen LogP contribution in [0.4, 0.5) is 10.5 Å². The van der Waals surface area contributed by atoms with E-state index in [2.05, 4.69) is 57.8 Å². The molecule has 2 amide bonds. The number of thiazole rings is 1. The Morgan fingerprint density at radius 1 is 1.07 bits per heavy atom. The molecule has 0 atom stereocenters. The number of hydrogen-bond donors (Lipinski definition) is 2. The van der Waals surface area contributed by atoms with Crippen LogP contribution in [0, 0.1) is 6.92 Å². The van der Waals surface area contributed by atoms with Gasteiger partial charge in [-0.1, -0.05) is 34.1 Å². The second-order valence-electron chi connectivity index (χ2n) is 6.83. The lowest BCUT2D eigenvalue weighted by molar-refractivity contribution is 0.252. The average Bonchev–Trinajstić information content (AvgIpc) is 3.12. The summed E-state index contributed by atoms with van der Waals surface area (Å²) < 4.78 is 2.23. The highest BCUT2D eigenvalue weighted by Gasteiger charge is 2.07. The first-order valence-electron chi connectivity index (χ1n) is 9.34. The summed E-state index contributed by atoms with van der Waals surface area (Å²) in [4.78, 5) is 16.8. The van der Waals surface area contributed by atoms with Gasteiger partial charge in [0.05, 0.1) is 10.2 Å². The molecule has 146 valence electrons. The molecule has 0 fully saturated rings. The van der Waals surface area contributed by atoms with E-state index in [9.17, 15) is 4.79 Å². The van der Waals surface area contributed by atoms with Crippen LogP contribution in [0.3, 0.4) is 0 Å². The number of anilines is 1. The first kappa shape index (κ1) is 19.6. The molecule has 1 aromatic heterocycles. The third-order valence-corrected chi connectivity index (χ3v) is 6.08. The second-order valence-corrected chi connectivity index (χ2v) is 8.77. The number of benzene rings is 3. The first-order chi connectivity index (χ1) is 14.1. The van der Waals surface area contributed by atoms with Crippen LogP contribution >= 0.6 is 27.3 Å². The van der Waals surface area contributed by atoms with Crippen LogP contribution in [0.5, 0.6) is 0 Å². The van der Waals surface area contributed by atoms with Crippen LogP contribution in [-0.2, 0) is 6.42 Å². The van der Waals surface area contributed by atoms with E-state index in [1.807, 2.05) is 42.5 Å². The maximum absolute atomic E-state index is 12.1. The lowest BCUT2D eigenvalue weighted by Gasteiger charge is -2.08. The lowest BCUT2D eigenvalue weighted by Crippen LogP contribution is -2.30. The fraction of sp³-hybridized carbons (Fsp3) is 0.130.